The topological polar surface area (TPSA) is 51.0 Å². The van der Waals surface area contributed by atoms with E-state index in [9.17, 15) is 9.18 Å². The van der Waals surface area contributed by atoms with Crippen molar-refractivity contribution in [1.29, 1.82) is 0 Å². The summed E-state index contributed by atoms with van der Waals surface area (Å²) in [5.74, 6) is 0.539. The van der Waals surface area contributed by atoms with Gasteiger partial charge in [-0.3, -0.25) is 4.79 Å². The minimum atomic E-state index is -0.281. The van der Waals surface area contributed by atoms with Gasteiger partial charge in [0, 0.05) is 25.7 Å². The molecule has 1 aliphatic rings. The molecule has 1 fully saturated rings. The molecule has 3 rings (SSSR count). The summed E-state index contributed by atoms with van der Waals surface area (Å²) < 4.78 is 14.9. The Morgan fingerprint density at radius 1 is 1.17 bits per heavy atom. The third-order valence-corrected chi connectivity index (χ3v) is 5.36. The van der Waals surface area contributed by atoms with E-state index in [1.165, 1.54) is 30.3 Å². The number of thioether (sulfide) groups is 1. The third-order valence-electron chi connectivity index (χ3n) is 4.24. The molecule has 2 aromatic rings. The summed E-state index contributed by atoms with van der Waals surface area (Å²) in [5.41, 5.74) is 0.799. The van der Waals surface area contributed by atoms with Crippen molar-refractivity contribution >= 4 is 17.7 Å². The number of likely N-dealkylation sites (tertiary alicyclic amines) is 1. The predicted octanol–water partition coefficient (Wildman–Crippen LogP) is 3.11. The van der Waals surface area contributed by atoms with E-state index in [1.54, 1.807) is 12.1 Å². The number of nitrogens with zero attached hydrogens (tertiary/aromatic N) is 4. The minimum absolute atomic E-state index is 0.158. The minimum Gasteiger partial charge on any atom is -0.342 e. The first-order valence-corrected chi connectivity index (χ1v) is 9.05. The number of carbonyl (C=O) groups excluding carboxylic acids is 1. The molecule has 1 aromatic carbocycles. The van der Waals surface area contributed by atoms with E-state index in [1.807, 2.05) is 23.4 Å². The fraction of sp³-hybridized carbons (Fsp3) is 0.471. The fourth-order valence-corrected chi connectivity index (χ4v) is 3.75. The molecule has 0 unspecified atom stereocenters. The molecule has 0 spiro atoms. The molecule has 5 nitrogen and oxygen atoms in total. The molecule has 0 aliphatic carbocycles. The van der Waals surface area contributed by atoms with Gasteiger partial charge in [-0.05, 0) is 50.5 Å². The van der Waals surface area contributed by atoms with Crippen molar-refractivity contribution in [3.8, 4) is 11.4 Å². The van der Waals surface area contributed by atoms with Crippen LogP contribution in [0.5, 0.6) is 0 Å². The van der Waals surface area contributed by atoms with Crippen molar-refractivity contribution < 1.29 is 9.18 Å². The molecule has 0 N–H and O–H groups in total. The van der Waals surface area contributed by atoms with E-state index in [0.717, 1.165) is 31.5 Å². The summed E-state index contributed by atoms with van der Waals surface area (Å²) in [5, 5.41) is 8.86. The van der Waals surface area contributed by atoms with Gasteiger partial charge in [-0.1, -0.05) is 11.8 Å². The van der Waals surface area contributed by atoms with Crippen LogP contribution < -0.4 is 0 Å². The number of carbonyl (C=O) groups is 1. The van der Waals surface area contributed by atoms with Crippen LogP contribution in [0.4, 0.5) is 4.39 Å². The van der Waals surface area contributed by atoms with Crippen LogP contribution in [0.25, 0.3) is 11.4 Å². The van der Waals surface area contributed by atoms with E-state index < -0.39 is 0 Å². The van der Waals surface area contributed by atoms with E-state index >= 15 is 0 Å². The first-order chi connectivity index (χ1) is 11.6. The number of halogens is 1. The van der Waals surface area contributed by atoms with Crippen LogP contribution in [-0.4, -0.2) is 43.9 Å². The normalized spacial score (nSPS) is 16.2. The lowest BCUT2D eigenvalue weighted by molar-refractivity contribution is -0.131. The molecule has 1 saturated heterocycles. The molecule has 0 saturated carbocycles. The maximum absolute atomic E-state index is 13.1. The van der Waals surface area contributed by atoms with Gasteiger partial charge in [-0.15, -0.1) is 10.2 Å². The summed E-state index contributed by atoms with van der Waals surface area (Å²) in [6.45, 7) is 3.61. The van der Waals surface area contributed by atoms with Crippen molar-refractivity contribution in [3.05, 3.63) is 30.1 Å². The monoisotopic (exact) mass is 348 g/mol. The number of hydrogen-bond acceptors (Lipinski definition) is 4. The number of rotatable bonds is 4. The van der Waals surface area contributed by atoms with Gasteiger partial charge in [0.1, 0.15) is 5.82 Å². The van der Waals surface area contributed by atoms with Crippen LogP contribution >= 0.6 is 11.8 Å². The highest BCUT2D eigenvalue weighted by Gasteiger charge is 2.25. The van der Waals surface area contributed by atoms with Crippen molar-refractivity contribution in [2.45, 2.75) is 36.6 Å². The van der Waals surface area contributed by atoms with Crippen LogP contribution in [0.15, 0.2) is 29.4 Å². The SMILES string of the molecule is C[C@H](Sc1nnc(-c2ccc(F)cc2)n1C)C(=O)N1CCCCC1. The van der Waals surface area contributed by atoms with Crippen LogP contribution in [0.1, 0.15) is 26.2 Å². The molecular formula is C17H21FN4OS. The zero-order chi connectivity index (χ0) is 17.1. The van der Waals surface area contributed by atoms with Crippen molar-refractivity contribution in [3.63, 3.8) is 0 Å². The Balaban J connectivity index is 1.71. The standard InChI is InChI=1S/C17H21FN4OS/c1-12(16(23)22-10-4-3-5-11-22)24-17-20-19-15(21(17)2)13-6-8-14(18)9-7-13/h6-9,12H,3-5,10-11H2,1-2H3/t12-/m0/s1. The highest BCUT2D eigenvalue weighted by atomic mass is 32.2. The Labute approximate surface area is 145 Å². The number of aromatic nitrogens is 3. The second-order valence-corrected chi connectivity index (χ2v) is 7.33. The maximum Gasteiger partial charge on any atom is 0.235 e. The van der Waals surface area contributed by atoms with E-state index in [2.05, 4.69) is 10.2 Å². The van der Waals surface area contributed by atoms with Gasteiger partial charge < -0.3 is 9.47 Å². The number of piperidine rings is 1. The lowest BCUT2D eigenvalue weighted by Crippen LogP contribution is -2.40. The fourth-order valence-electron chi connectivity index (χ4n) is 2.85. The Bertz CT molecular complexity index is 710. The van der Waals surface area contributed by atoms with Gasteiger partial charge in [-0.2, -0.15) is 0 Å². The summed E-state index contributed by atoms with van der Waals surface area (Å²) in [4.78, 5) is 14.5. The smallest absolute Gasteiger partial charge is 0.235 e. The summed E-state index contributed by atoms with van der Waals surface area (Å²) in [6.07, 6.45) is 3.37. The lowest BCUT2D eigenvalue weighted by Gasteiger charge is -2.28. The zero-order valence-electron chi connectivity index (χ0n) is 13.9. The third kappa shape index (κ3) is 3.61. The first-order valence-electron chi connectivity index (χ1n) is 8.17. The van der Waals surface area contributed by atoms with Gasteiger partial charge in [0.15, 0.2) is 11.0 Å². The molecule has 1 atom stereocenters. The number of hydrogen-bond donors (Lipinski definition) is 0. The summed E-state index contributed by atoms with van der Waals surface area (Å²) in [6, 6.07) is 6.16. The van der Waals surface area contributed by atoms with Crippen LogP contribution in [-0.2, 0) is 11.8 Å². The second-order valence-electron chi connectivity index (χ2n) is 6.02. The van der Waals surface area contributed by atoms with Gasteiger partial charge in [0.2, 0.25) is 5.91 Å². The lowest BCUT2D eigenvalue weighted by atomic mass is 10.1. The highest BCUT2D eigenvalue weighted by Crippen LogP contribution is 2.27. The summed E-state index contributed by atoms with van der Waals surface area (Å²) in [7, 11) is 1.86. The van der Waals surface area contributed by atoms with Crippen LogP contribution in [0.2, 0.25) is 0 Å². The van der Waals surface area contributed by atoms with Gasteiger partial charge in [-0.25, -0.2) is 4.39 Å². The molecule has 1 aliphatic heterocycles. The average molecular weight is 348 g/mol. The van der Waals surface area contributed by atoms with Crippen molar-refractivity contribution in [2.75, 3.05) is 13.1 Å². The van der Waals surface area contributed by atoms with Gasteiger partial charge in [0.25, 0.3) is 0 Å². The molecule has 1 aromatic heterocycles. The second kappa shape index (κ2) is 7.34. The highest BCUT2D eigenvalue weighted by molar-refractivity contribution is 8.00. The van der Waals surface area contributed by atoms with Crippen LogP contribution in [0, 0.1) is 5.82 Å². The Hall–Kier alpha value is -1.89. The maximum atomic E-state index is 13.1. The molecule has 24 heavy (non-hydrogen) atoms. The van der Waals surface area contributed by atoms with Gasteiger partial charge in [0.05, 0.1) is 5.25 Å². The average Bonchev–Trinajstić information content (AvgIpc) is 2.96. The molecule has 0 radical (unpaired) electrons. The molecule has 2 heterocycles. The van der Waals surface area contributed by atoms with Crippen LogP contribution in [0.3, 0.4) is 0 Å². The van der Waals surface area contributed by atoms with E-state index in [-0.39, 0.29) is 17.0 Å². The number of benzene rings is 1. The Morgan fingerprint density at radius 3 is 2.50 bits per heavy atom. The molecular weight excluding hydrogens is 327 g/mol. The Kier molecular flexibility index (Phi) is 5.18. The molecule has 128 valence electrons. The van der Waals surface area contributed by atoms with E-state index in [4.69, 9.17) is 0 Å². The van der Waals surface area contributed by atoms with Crippen molar-refractivity contribution in [2.24, 2.45) is 7.05 Å². The zero-order valence-corrected chi connectivity index (χ0v) is 14.7. The predicted molar refractivity (Wildman–Crippen MR) is 92.1 cm³/mol. The Morgan fingerprint density at radius 2 is 1.83 bits per heavy atom. The molecule has 7 heteroatoms. The van der Waals surface area contributed by atoms with E-state index in [0.29, 0.717) is 11.0 Å². The molecule has 1 amide bonds. The van der Waals surface area contributed by atoms with Gasteiger partial charge >= 0.3 is 0 Å². The quantitative estimate of drug-likeness (QED) is 0.797. The summed E-state index contributed by atoms with van der Waals surface area (Å²) >= 11 is 1.41. The molecule has 0 bridgehead atoms. The first kappa shape index (κ1) is 17.0. The number of amides is 1. The largest absolute Gasteiger partial charge is 0.342 e. The van der Waals surface area contributed by atoms with Crippen molar-refractivity contribution in [1.82, 2.24) is 19.7 Å².